The molecular formula is C14H29N3. The number of hydrogen-bond acceptors (Lipinski definition) is 3. The molecule has 3 heteroatoms. The summed E-state index contributed by atoms with van der Waals surface area (Å²) >= 11 is 0. The second kappa shape index (κ2) is 4.87. The van der Waals surface area contributed by atoms with E-state index in [1.54, 1.807) is 0 Å². The standard InChI is InChI=1S/C14H29N3/c1-13(2)12-17(10-9-16(13)3)14(11-15)7-5-4-6-8-14/h4-12,15H2,1-3H3. The molecule has 2 N–H and O–H groups in total. The summed E-state index contributed by atoms with van der Waals surface area (Å²) in [6.45, 7) is 9.08. The molecule has 0 spiro atoms. The lowest BCUT2D eigenvalue weighted by Crippen LogP contribution is -2.66. The van der Waals surface area contributed by atoms with Gasteiger partial charge in [-0.05, 0) is 33.7 Å². The summed E-state index contributed by atoms with van der Waals surface area (Å²) in [4.78, 5) is 5.18. The van der Waals surface area contributed by atoms with Crippen LogP contribution in [0.15, 0.2) is 0 Å². The zero-order valence-electron chi connectivity index (χ0n) is 11.8. The Bertz CT molecular complexity index is 256. The van der Waals surface area contributed by atoms with Crippen molar-refractivity contribution >= 4 is 0 Å². The zero-order valence-corrected chi connectivity index (χ0v) is 11.8. The molecule has 0 amide bonds. The zero-order chi connectivity index (χ0) is 12.5. The molecule has 2 rings (SSSR count). The van der Waals surface area contributed by atoms with E-state index < -0.39 is 0 Å². The highest BCUT2D eigenvalue weighted by atomic mass is 15.3. The van der Waals surface area contributed by atoms with Crippen molar-refractivity contribution in [3.63, 3.8) is 0 Å². The van der Waals surface area contributed by atoms with Crippen LogP contribution in [0.25, 0.3) is 0 Å². The third-order valence-corrected chi connectivity index (χ3v) is 5.15. The smallest absolute Gasteiger partial charge is 0.0333 e. The monoisotopic (exact) mass is 239 g/mol. The molecule has 0 bridgehead atoms. The van der Waals surface area contributed by atoms with Gasteiger partial charge in [0.25, 0.3) is 0 Å². The van der Waals surface area contributed by atoms with Crippen molar-refractivity contribution in [3.05, 3.63) is 0 Å². The van der Waals surface area contributed by atoms with Crippen LogP contribution in [0.4, 0.5) is 0 Å². The summed E-state index contributed by atoms with van der Waals surface area (Å²) in [6, 6.07) is 0. The van der Waals surface area contributed by atoms with Crippen LogP contribution >= 0.6 is 0 Å². The molecule has 1 saturated carbocycles. The van der Waals surface area contributed by atoms with E-state index in [9.17, 15) is 0 Å². The molecule has 0 aromatic heterocycles. The molecule has 0 aromatic rings. The molecule has 1 heterocycles. The van der Waals surface area contributed by atoms with Crippen LogP contribution in [-0.4, -0.2) is 54.1 Å². The lowest BCUT2D eigenvalue weighted by atomic mass is 9.78. The topological polar surface area (TPSA) is 32.5 Å². The molecule has 1 saturated heterocycles. The molecule has 2 fully saturated rings. The van der Waals surface area contributed by atoms with Crippen LogP contribution in [0.1, 0.15) is 46.0 Å². The van der Waals surface area contributed by atoms with Gasteiger partial charge in [0.15, 0.2) is 0 Å². The molecule has 2 aliphatic rings. The van der Waals surface area contributed by atoms with Gasteiger partial charge in [0.2, 0.25) is 0 Å². The molecule has 1 aliphatic carbocycles. The highest BCUT2D eigenvalue weighted by Gasteiger charge is 2.42. The molecule has 1 aliphatic heterocycles. The maximum atomic E-state index is 6.14. The van der Waals surface area contributed by atoms with Crippen molar-refractivity contribution in [2.24, 2.45) is 5.73 Å². The fraction of sp³-hybridized carbons (Fsp3) is 1.00. The van der Waals surface area contributed by atoms with Crippen LogP contribution in [0, 0.1) is 0 Å². The third kappa shape index (κ3) is 2.51. The van der Waals surface area contributed by atoms with Gasteiger partial charge in [0.05, 0.1) is 0 Å². The van der Waals surface area contributed by atoms with Gasteiger partial charge in [-0.2, -0.15) is 0 Å². The Morgan fingerprint density at radius 2 is 1.71 bits per heavy atom. The van der Waals surface area contributed by atoms with E-state index in [0.717, 1.165) is 6.54 Å². The Kier molecular flexibility index (Phi) is 3.81. The van der Waals surface area contributed by atoms with Gasteiger partial charge >= 0.3 is 0 Å². The first-order valence-corrected chi connectivity index (χ1v) is 7.17. The average Bonchev–Trinajstić information content (AvgIpc) is 2.33. The van der Waals surface area contributed by atoms with Crippen LogP contribution in [0.3, 0.4) is 0 Å². The van der Waals surface area contributed by atoms with E-state index in [1.165, 1.54) is 51.7 Å². The number of piperazine rings is 1. The van der Waals surface area contributed by atoms with E-state index in [2.05, 4.69) is 30.7 Å². The summed E-state index contributed by atoms with van der Waals surface area (Å²) in [7, 11) is 2.24. The maximum Gasteiger partial charge on any atom is 0.0333 e. The Balaban J connectivity index is 2.10. The van der Waals surface area contributed by atoms with Crippen molar-refractivity contribution in [2.75, 3.05) is 33.2 Å². The summed E-state index contributed by atoms with van der Waals surface area (Å²) in [6.07, 6.45) is 6.75. The number of rotatable bonds is 2. The molecule has 0 atom stereocenters. The van der Waals surface area contributed by atoms with Crippen molar-refractivity contribution in [3.8, 4) is 0 Å². The van der Waals surface area contributed by atoms with Crippen LogP contribution in [-0.2, 0) is 0 Å². The molecule has 17 heavy (non-hydrogen) atoms. The van der Waals surface area contributed by atoms with E-state index in [0.29, 0.717) is 5.54 Å². The Hall–Kier alpha value is -0.120. The summed E-state index contributed by atoms with van der Waals surface area (Å²) < 4.78 is 0. The van der Waals surface area contributed by atoms with E-state index in [1.807, 2.05) is 0 Å². The van der Waals surface area contributed by atoms with Gasteiger partial charge in [-0.3, -0.25) is 9.80 Å². The Morgan fingerprint density at radius 3 is 2.24 bits per heavy atom. The fourth-order valence-electron chi connectivity index (χ4n) is 3.50. The van der Waals surface area contributed by atoms with E-state index in [4.69, 9.17) is 5.73 Å². The number of hydrogen-bond donors (Lipinski definition) is 1. The average molecular weight is 239 g/mol. The number of nitrogens with two attached hydrogens (primary N) is 1. The van der Waals surface area contributed by atoms with Crippen molar-refractivity contribution < 1.29 is 0 Å². The minimum absolute atomic E-state index is 0.290. The third-order valence-electron chi connectivity index (χ3n) is 5.15. The predicted molar refractivity (Wildman–Crippen MR) is 73.2 cm³/mol. The highest BCUT2D eigenvalue weighted by molar-refractivity contribution is 5.00. The molecular weight excluding hydrogens is 210 g/mol. The lowest BCUT2D eigenvalue weighted by Gasteiger charge is -2.54. The number of nitrogens with zero attached hydrogens (tertiary/aromatic N) is 2. The quantitative estimate of drug-likeness (QED) is 0.796. The van der Waals surface area contributed by atoms with Gasteiger partial charge in [-0.1, -0.05) is 19.3 Å². The highest BCUT2D eigenvalue weighted by Crippen LogP contribution is 2.35. The van der Waals surface area contributed by atoms with Crippen LogP contribution in [0.2, 0.25) is 0 Å². The second-order valence-corrected chi connectivity index (χ2v) is 6.64. The van der Waals surface area contributed by atoms with Crippen molar-refractivity contribution in [1.29, 1.82) is 0 Å². The summed E-state index contributed by atoms with van der Waals surface area (Å²) in [5.74, 6) is 0. The largest absolute Gasteiger partial charge is 0.329 e. The molecule has 0 aromatic carbocycles. The van der Waals surface area contributed by atoms with Crippen LogP contribution < -0.4 is 5.73 Å². The molecule has 0 radical (unpaired) electrons. The van der Waals surface area contributed by atoms with Crippen molar-refractivity contribution in [1.82, 2.24) is 9.80 Å². The molecule has 0 unspecified atom stereocenters. The Morgan fingerprint density at radius 1 is 1.06 bits per heavy atom. The second-order valence-electron chi connectivity index (χ2n) is 6.64. The summed E-state index contributed by atoms with van der Waals surface area (Å²) in [5.41, 5.74) is 6.74. The number of likely N-dealkylation sites (N-methyl/N-ethyl adjacent to an activating group) is 1. The predicted octanol–water partition coefficient (Wildman–Crippen LogP) is 1.67. The molecule has 3 nitrogen and oxygen atoms in total. The fourth-order valence-corrected chi connectivity index (χ4v) is 3.50. The summed E-state index contributed by atoms with van der Waals surface area (Å²) in [5, 5.41) is 0. The lowest BCUT2D eigenvalue weighted by molar-refractivity contribution is -0.0363. The van der Waals surface area contributed by atoms with Gasteiger partial charge in [-0.15, -0.1) is 0 Å². The minimum Gasteiger partial charge on any atom is -0.329 e. The van der Waals surface area contributed by atoms with Gasteiger partial charge in [-0.25, -0.2) is 0 Å². The molecule has 100 valence electrons. The van der Waals surface area contributed by atoms with E-state index in [-0.39, 0.29) is 5.54 Å². The first-order valence-electron chi connectivity index (χ1n) is 7.17. The van der Waals surface area contributed by atoms with Crippen molar-refractivity contribution in [2.45, 2.75) is 57.0 Å². The van der Waals surface area contributed by atoms with Gasteiger partial charge in [0, 0.05) is 37.3 Å². The Labute approximate surface area is 106 Å². The SMILES string of the molecule is CN1CCN(C2(CN)CCCCC2)CC1(C)C. The van der Waals surface area contributed by atoms with Gasteiger partial charge in [0.1, 0.15) is 0 Å². The minimum atomic E-state index is 0.290. The van der Waals surface area contributed by atoms with E-state index >= 15 is 0 Å². The first-order chi connectivity index (χ1) is 8.00. The first kappa shape index (κ1) is 13.3. The maximum absolute atomic E-state index is 6.14. The normalized spacial score (nSPS) is 30.4. The van der Waals surface area contributed by atoms with Gasteiger partial charge < -0.3 is 5.73 Å². The van der Waals surface area contributed by atoms with Crippen LogP contribution in [0.5, 0.6) is 0 Å².